The van der Waals surface area contributed by atoms with E-state index in [-0.39, 0.29) is 17.8 Å². The first-order valence-electron chi connectivity index (χ1n) is 5.56. The van der Waals surface area contributed by atoms with Gasteiger partial charge in [0.25, 0.3) is 5.69 Å². The zero-order valence-electron chi connectivity index (χ0n) is 10.3. The lowest BCUT2D eigenvalue weighted by atomic mass is 9.93. The van der Waals surface area contributed by atoms with Crippen molar-refractivity contribution in [2.24, 2.45) is 0 Å². The molecule has 1 aromatic rings. The number of alkyl halides is 3. The fourth-order valence-corrected chi connectivity index (χ4v) is 1.70. The third-order valence-electron chi connectivity index (χ3n) is 2.85. The number of carbonyl (C=O) groups is 1. The van der Waals surface area contributed by atoms with Crippen LogP contribution in [-0.2, 0) is 11.0 Å². The van der Waals surface area contributed by atoms with Crippen molar-refractivity contribution in [2.75, 3.05) is 0 Å². The predicted octanol–water partition coefficient (Wildman–Crippen LogP) is 3.70. The van der Waals surface area contributed by atoms with Gasteiger partial charge in [-0.05, 0) is 11.6 Å². The van der Waals surface area contributed by atoms with Gasteiger partial charge in [0.05, 0.1) is 4.92 Å². The van der Waals surface area contributed by atoms with Crippen LogP contribution in [0.1, 0.15) is 37.3 Å². The Morgan fingerprint density at radius 1 is 1.42 bits per heavy atom. The highest BCUT2D eigenvalue weighted by Gasteiger charge is 2.38. The molecule has 0 aliphatic carbocycles. The van der Waals surface area contributed by atoms with Crippen molar-refractivity contribution in [3.8, 4) is 0 Å². The van der Waals surface area contributed by atoms with E-state index < -0.39 is 28.3 Å². The Morgan fingerprint density at radius 2 is 2.00 bits per heavy atom. The number of hydrogen-bond donors (Lipinski definition) is 0. The lowest BCUT2D eigenvalue weighted by Crippen LogP contribution is -2.12. The van der Waals surface area contributed by atoms with Gasteiger partial charge in [0.1, 0.15) is 11.3 Å². The van der Waals surface area contributed by atoms with Crippen molar-refractivity contribution in [3.63, 3.8) is 0 Å². The molecule has 1 atom stereocenters. The quantitative estimate of drug-likeness (QED) is 0.621. The average molecular weight is 275 g/mol. The van der Waals surface area contributed by atoms with Crippen LogP contribution in [0.15, 0.2) is 18.2 Å². The molecule has 0 radical (unpaired) electrons. The van der Waals surface area contributed by atoms with Crippen molar-refractivity contribution in [1.29, 1.82) is 0 Å². The highest BCUT2D eigenvalue weighted by Crippen LogP contribution is 2.37. The normalized spacial score (nSPS) is 13.1. The third kappa shape index (κ3) is 3.30. The van der Waals surface area contributed by atoms with Crippen LogP contribution in [0.2, 0.25) is 0 Å². The summed E-state index contributed by atoms with van der Waals surface area (Å²) in [6, 6.07) is 2.65. The minimum absolute atomic E-state index is 0.129. The molecule has 7 heteroatoms. The number of rotatable bonds is 4. The van der Waals surface area contributed by atoms with E-state index in [0.717, 1.165) is 6.07 Å². The molecule has 0 fully saturated rings. The molecule has 104 valence electrons. The fourth-order valence-electron chi connectivity index (χ4n) is 1.70. The number of benzene rings is 1. The van der Waals surface area contributed by atoms with Gasteiger partial charge < -0.3 is 0 Å². The maximum atomic E-state index is 12.7. The van der Waals surface area contributed by atoms with Crippen molar-refractivity contribution >= 4 is 11.5 Å². The van der Waals surface area contributed by atoms with Crippen LogP contribution in [-0.4, -0.2) is 10.7 Å². The van der Waals surface area contributed by atoms with Gasteiger partial charge in [-0.25, -0.2) is 0 Å². The molecule has 0 heterocycles. The molecule has 1 unspecified atom stereocenters. The first-order chi connectivity index (χ1) is 8.68. The third-order valence-corrected chi connectivity index (χ3v) is 2.85. The van der Waals surface area contributed by atoms with Crippen LogP contribution in [0.5, 0.6) is 0 Å². The predicted molar refractivity (Wildman–Crippen MR) is 61.8 cm³/mol. The van der Waals surface area contributed by atoms with E-state index in [4.69, 9.17) is 0 Å². The van der Waals surface area contributed by atoms with Crippen LogP contribution in [0.3, 0.4) is 0 Å². The molecule has 1 rings (SSSR count). The highest BCUT2D eigenvalue weighted by atomic mass is 19.4. The summed E-state index contributed by atoms with van der Waals surface area (Å²) in [7, 11) is 0. The van der Waals surface area contributed by atoms with Gasteiger partial charge in [0.2, 0.25) is 0 Å². The lowest BCUT2D eigenvalue weighted by molar-refractivity contribution is -0.388. The monoisotopic (exact) mass is 275 g/mol. The Morgan fingerprint density at radius 3 is 2.42 bits per heavy atom. The van der Waals surface area contributed by atoms with Gasteiger partial charge in [0, 0.05) is 18.4 Å². The number of ketones is 1. The van der Waals surface area contributed by atoms with Gasteiger partial charge in [-0.15, -0.1) is 0 Å². The number of hydrogen-bond acceptors (Lipinski definition) is 3. The topological polar surface area (TPSA) is 60.2 Å². The Labute approximate surface area is 107 Å². The molecule has 0 spiro atoms. The summed E-state index contributed by atoms with van der Waals surface area (Å²) in [5.41, 5.74) is -2.21. The first kappa shape index (κ1) is 15.1. The summed E-state index contributed by atoms with van der Waals surface area (Å²) in [6.45, 7) is 3.09. The van der Waals surface area contributed by atoms with Gasteiger partial charge in [0.15, 0.2) is 0 Å². The summed E-state index contributed by atoms with van der Waals surface area (Å²) in [4.78, 5) is 21.0. The smallest absolute Gasteiger partial charge is 0.299 e. The Balaban J connectivity index is 3.34. The summed E-state index contributed by atoms with van der Waals surface area (Å²) in [6.07, 6.45) is -4.63. The number of nitro benzene ring substituents is 1. The second kappa shape index (κ2) is 5.38. The maximum Gasteiger partial charge on any atom is 0.423 e. The number of Topliss-reactive ketones (excluding diaryl/α,β-unsaturated/α-hetero) is 1. The van der Waals surface area contributed by atoms with E-state index >= 15 is 0 Å². The molecule has 0 saturated heterocycles. The lowest BCUT2D eigenvalue weighted by Gasteiger charge is -2.13. The number of nitro groups is 1. The van der Waals surface area contributed by atoms with Crippen LogP contribution in [0, 0.1) is 10.1 Å². The standard InChI is InChI=1S/C12H12F3NO3/c1-3-11(17)7(2)8-4-5-10(16(18)19)9(6-8)12(13,14)15/h4-7H,3H2,1-2H3. The van der Waals surface area contributed by atoms with E-state index in [1.165, 1.54) is 13.0 Å². The molecule has 0 aliphatic rings. The zero-order chi connectivity index (χ0) is 14.8. The average Bonchev–Trinajstić information content (AvgIpc) is 2.35. The van der Waals surface area contributed by atoms with Crippen molar-refractivity contribution < 1.29 is 22.9 Å². The van der Waals surface area contributed by atoms with Gasteiger partial charge in [-0.2, -0.15) is 13.2 Å². The Bertz CT molecular complexity index is 511. The largest absolute Gasteiger partial charge is 0.423 e. The van der Waals surface area contributed by atoms with Crippen molar-refractivity contribution in [1.82, 2.24) is 0 Å². The van der Waals surface area contributed by atoms with Gasteiger partial charge >= 0.3 is 6.18 Å². The molecule has 0 saturated carbocycles. The maximum absolute atomic E-state index is 12.7. The SMILES string of the molecule is CCC(=O)C(C)c1ccc([N+](=O)[O-])c(C(F)(F)F)c1. The fraction of sp³-hybridized carbons (Fsp3) is 0.417. The van der Waals surface area contributed by atoms with Crippen LogP contribution in [0.25, 0.3) is 0 Å². The van der Waals surface area contributed by atoms with Crippen LogP contribution in [0.4, 0.5) is 18.9 Å². The first-order valence-corrected chi connectivity index (χ1v) is 5.56. The second-order valence-corrected chi connectivity index (χ2v) is 4.07. The highest BCUT2D eigenvalue weighted by molar-refractivity contribution is 5.85. The molecular formula is C12H12F3NO3. The Hall–Kier alpha value is -1.92. The van der Waals surface area contributed by atoms with Gasteiger partial charge in [-0.1, -0.05) is 19.9 Å². The minimum Gasteiger partial charge on any atom is -0.299 e. The van der Waals surface area contributed by atoms with E-state index in [1.54, 1.807) is 6.92 Å². The number of halogens is 3. The molecule has 0 bridgehead atoms. The molecule has 0 amide bonds. The summed E-state index contributed by atoms with van der Waals surface area (Å²) in [5.74, 6) is -0.936. The van der Waals surface area contributed by atoms with E-state index in [2.05, 4.69) is 0 Å². The molecule has 0 aromatic heterocycles. The summed E-state index contributed by atoms with van der Waals surface area (Å²) in [5, 5.41) is 10.6. The zero-order valence-corrected chi connectivity index (χ0v) is 10.3. The van der Waals surface area contributed by atoms with E-state index in [0.29, 0.717) is 6.07 Å². The number of nitrogens with zero attached hydrogens (tertiary/aromatic N) is 1. The van der Waals surface area contributed by atoms with Gasteiger partial charge in [-0.3, -0.25) is 14.9 Å². The molecule has 0 aliphatic heterocycles. The molecule has 19 heavy (non-hydrogen) atoms. The van der Waals surface area contributed by atoms with Crippen molar-refractivity contribution in [2.45, 2.75) is 32.4 Å². The second-order valence-electron chi connectivity index (χ2n) is 4.07. The molecular weight excluding hydrogens is 263 g/mol. The van der Waals surface area contributed by atoms with E-state index in [9.17, 15) is 28.1 Å². The summed E-state index contributed by atoms with van der Waals surface area (Å²) >= 11 is 0. The van der Waals surface area contributed by atoms with Crippen LogP contribution < -0.4 is 0 Å². The molecule has 0 N–H and O–H groups in total. The molecule has 4 nitrogen and oxygen atoms in total. The van der Waals surface area contributed by atoms with E-state index in [1.807, 2.05) is 0 Å². The number of carbonyl (C=O) groups excluding carboxylic acids is 1. The minimum atomic E-state index is -4.83. The summed E-state index contributed by atoms with van der Waals surface area (Å²) < 4.78 is 38.2. The van der Waals surface area contributed by atoms with Crippen LogP contribution >= 0.6 is 0 Å². The van der Waals surface area contributed by atoms with Crippen molar-refractivity contribution in [3.05, 3.63) is 39.4 Å². The molecule has 1 aromatic carbocycles. The Kier molecular flexibility index (Phi) is 4.28.